The van der Waals surface area contributed by atoms with Crippen LogP contribution in [0.2, 0.25) is 0 Å². The van der Waals surface area contributed by atoms with Gasteiger partial charge in [0.05, 0.1) is 12.1 Å². The van der Waals surface area contributed by atoms with Crippen LogP contribution < -0.4 is 10.6 Å². The lowest BCUT2D eigenvalue weighted by molar-refractivity contribution is -0.122. The Morgan fingerprint density at radius 3 is 2.13 bits per heavy atom. The quantitative estimate of drug-likeness (QED) is 0.787. The van der Waals surface area contributed by atoms with Crippen LogP contribution >= 0.6 is 0 Å². The number of nitrogens with one attached hydrogen (secondary N) is 2. The van der Waals surface area contributed by atoms with Gasteiger partial charge in [-0.15, -0.1) is 0 Å². The number of hydrogen-bond acceptors (Lipinski definition) is 3. The first kappa shape index (κ1) is 15.7. The summed E-state index contributed by atoms with van der Waals surface area (Å²) in [5.74, 6) is 0.0751. The first-order valence-corrected chi connectivity index (χ1v) is 8.03. The number of aliphatic hydroxyl groups excluding tert-OH is 1. The molecule has 1 fully saturated rings. The molecule has 4 heteroatoms. The average Bonchev–Trinajstić information content (AvgIpc) is 3.03. The minimum atomic E-state index is -0.426. The highest BCUT2D eigenvalue weighted by Crippen LogP contribution is 2.23. The molecule has 2 aromatic rings. The maximum atomic E-state index is 12.3. The fourth-order valence-corrected chi connectivity index (χ4v) is 3.04. The van der Waals surface area contributed by atoms with E-state index in [1.807, 2.05) is 36.4 Å². The summed E-state index contributed by atoms with van der Waals surface area (Å²) in [5.41, 5.74) is 2.36. The number of carbonyl (C=O) groups excluding carboxylic acids is 1. The molecule has 0 aliphatic carbocycles. The van der Waals surface area contributed by atoms with Crippen LogP contribution in [0.4, 0.5) is 0 Å². The zero-order valence-corrected chi connectivity index (χ0v) is 13.0. The summed E-state index contributed by atoms with van der Waals surface area (Å²) in [4.78, 5) is 12.3. The lowest BCUT2D eigenvalue weighted by Gasteiger charge is -2.20. The van der Waals surface area contributed by atoms with E-state index in [2.05, 4.69) is 34.9 Å². The Morgan fingerprint density at radius 2 is 1.65 bits per heavy atom. The fourth-order valence-electron chi connectivity index (χ4n) is 3.04. The number of carbonyl (C=O) groups is 1. The smallest absolute Gasteiger partial charge is 0.237 e. The summed E-state index contributed by atoms with van der Waals surface area (Å²) in [5, 5.41) is 15.6. The number of amides is 1. The number of aliphatic hydroxyl groups is 1. The van der Waals surface area contributed by atoms with E-state index in [0.29, 0.717) is 19.5 Å². The Balaban J connectivity index is 1.71. The Morgan fingerprint density at radius 1 is 1.09 bits per heavy atom. The van der Waals surface area contributed by atoms with Gasteiger partial charge >= 0.3 is 0 Å². The maximum Gasteiger partial charge on any atom is 0.237 e. The largest absolute Gasteiger partial charge is 0.392 e. The van der Waals surface area contributed by atoms with Crippen LogP contribution in [0.5, 0.6) is 0 Å². The maximum absolute atomic E-state index is 12.3. The van der Waals surface area contributed by atoms with Gasteiger partial charge in [0.15, 0.2) is 0 Å². The minimum Gasteiger partial charge on any atom is -0.392 e. The van der Waals surface area contributed by atoms with E-state index < -0.39 is 6.10 Å². The van der Waals surface area contributed by atoms with E-state index in [4.69, 9.17) is 0 Å². The number of hydrogen-bond donors (Lipinski definition) is 3. The monoisotopic (exact) mass is 310 g/mol. The topological polar surface area (TPSA) is 61.4 Å². The molecule has 0 aromatic heterocycles. The van der Waals surface area contributed by atoms with Crippen LogP contribution in [0.3, 0.4) is 0 Å². The first-order chi connectivity index (χ1) is 11.2. The zero-order chi connectivity index (χ0) is 16.1. The number of β-amino-alcohol motifs (C(OH)–C–C–N with tert-alkyl or cyclic N) is 1. The van der Waals surface area contributed by atoms with Crippen LogP contribution in [0.15, 0.2) is 60.7 Å². The van der Waals surface area contributed by atoms with Gasteiger partial charge < -0.3 is 15.7 Å². The molecule has 1 heterocycles. The number of rotatable bonds is 5. The predicted octanol–water partition coefficient (Wildman–Crippen LogP) is 1.66. The summed E-state index contributed by atoms with van der Waals surface area (Å²) in [7, 11) is 0. The van der Waals surface area contributed by atoms with Crippen molar-refractivity contribution in [3.8, 4) is 0 Å². The Hall–Kier alpha value is -2.17. The highest BCUT2D eigenvalue weighted by Gasteiger charge is 2.28. The molecule has 1 aliphatic rings. The second-order valence-corrected chi connectivity index (χ2v) is 5.97. The van der Waals surface area contributed by atoms with Crippen molar-refractivity contribution in [3.63, 3.8) is 0 Å². The molecule has 0 spiro atoms. The fraction of sp³-hybridized carbons (Fsp3) is 0.316. The molecule has 0 saturated carbocycles. The molecule has 2 unspecified atom stereocenters. The van der Waals surface area contributed by atoms with Crippen molar-refractivity contribution in [2.45, 2.75) is 24.5 Å². The molecule has 0 bridgehead atoms. The van der Waals surface area contributed by atoms with Crippen LogP contribution in [-0.4, -0.2) is 36.2 Å². The van der Waals surface area contributed by atoms with Crippen molar-refractivity contribution in [1.29, 1.82) is 0 Å². The third-order valence-electron chi connectivity index (χ3n) is 4.31. The van der Waals surface area contributed by atoms with Crippen LogP contribution in [-0.2, 0) is 4.79 Å². The van der Waals surface area contributed by atoms with Gasteiger partial charge in [0, 0.05) is 19.0 Å². The van der Waals surface area contributed by atoms with Gasteiger partial charge in [-0.3, -0.25) is 4.79 Å². The van der Waals surface area contributed by atoms with Gasteiger partial charge in [-0.25, -0.2) is 0 Å². The van der Waals surface area contributed by atoms with Crippen molar-refractivity contribution in [2.75, 3.05) is 13.1 Å². The SMILES string of the molecule is O=C(NCC(c1ccccc1)c1ccccc1)C1CC(O)CN1. The second-order valence-electron chi connectivity index (χ2n) is 5.97. The van der Waals surface area contributed by atoms with E-state index in [1.165, 1.54) is 11.1 Å². The highest BCUT2D eigenvalue weighted by molar-refractivity contribution is 5.82. The zero-order valence-electron chi connectivity index (χ0n) is 13.0. The molecule has 4 nitrogen and oxygen atoms in total. The predicted molar refractivity (Wildman–Crippen MR) is 90.2 cm³/mol. The van der Waals surface area contributed by atoms with Gasteiger partial charge in [0.2, 0.25) is 5.91 Å². The number of benzene rings is 2. The molecule has 1 aliphatic heterocycles. The Bertz CT molecular complexity index is 591. The van der Waals surface area contributed by atoms with E-state index >= 15 is 0 Å². The van der Waals surface area contributed by atoms with Gasteiger partial charge in [0.25, 0.3) is 0 Å². The van der Waals surface area contributed by atoms with E-state index in [-0.39, 0.29) is 17.9 Å². The Kier molecular flexibility index (Phi) is 5.05. The molecular weight excluding hydrogens is 288 g/mol. The van der Waals surface area contributed by atoms with Gasteiger partial charge in [-0.05, 0) is 17.5 Å². The molecule has 3 rings (SSSR count). The molecule has 3 N–H and O–H groups in total. The van der Waals surface area contributed by atoms with Gasteiger partial charge in [0.1, 0.15) is 0 Å². The van der Waals surface area contributed by atoms with Gasteiger partial charge in [-0.2, -0.15) is 0 Å². The molecule has 23 heavy (non-hydrogen) atoms. The summed E-state index contributed by atoms with van der Waals surface area (Å²) in [6.07, 6.45) is 0.0532. The molecule has 1 amide bonds. The van der Waals surface area contributed by atoms with Crippen molar-refractivity contribution in [2.24, 2.45) is 0 Å². The second kappa shape index (κ2) is 7.40. The summed E-state index contributed by atoms with van der Waals surface area (Å²) in [6.45, 7) is 1.03. The van der Waals surface area contributed by atoms with E-state index in [1.54, 1.807) is 0 Å². The van der Waals surface area contributed by atoms with Crippen molar-refractivity contribution in [1.82, 2.24) is 10.6 Å². The van der Waals surface area contributed by atoms with E-state index in [0.717, 1.165) is 0 Å². The van der Waals surface area contributed by atoms with Crippen LogP contribution in [0.1, 0.15) is 23.5 Å². The molecule has 2 aromatic carbocycles. The normalized spacial score (nSPS) is 20.6. The van der Waals surface area contributed by atoms with Crippen molar-refractivity contribution in [3.05, 3.63) is 71.8 Å². The summed E-state index contributed by atoms with van der Waals surface area (Å²) in [6, 6.07) is 20.1. The third-order valence-corrected chi connectivity index (χ3v) is 4.31. The highest BCUT2D eigenvalue weighted by atomic mass is 16.3. The Labute approximate surface area is 136 Å². The average molecular weight is 310 g/mol. The lowest BCUT2D eigenvalue weighted by atomic mass is 9.91. The molecule has 0 radical (unpaired) electrons. The van der Waals surface area contributed by atoms with Gasteiger partial charge in [-0.1, -0.05) is 60.7 Å². The van der Waals surface area contributed by atoms with Crippen molar-refractivity contribution < 1.29 is 9.90 Å². The molecular formula is C19H22N2O2. The molecule has 120 valence electrons. The van der Waals surface area contributed by atoms with Crippen molar-refractivity contribution >= 4 is 5.91 Å². The van der Waals surface area contributed by atoms with E-state index in [9.17, 15) is 9.90 Å². The first-order valence-electron chi connectivity index (χ1n) is 8.03. The standard InChI is InChI=1S/C19H22N2O2/c22-16-11-18(20-12-16)19(23)21-13-17(14-7-3-1-4-8-14)15-9-5-2-6-10-15/h1-10,16-18,20,22H,11-13H2,(H,21,23). The lowest BCUT2D eigenvalue weighted by Crippen LogP contribution is -2.42. The van der Waals surface area contributed by atoms with Crippen LogP contribution in [0, 0.1) is 0 Å². The van der Waals surface area contributed by atoms with Crippen LogP contribution in [0.25, 0.3) is 0 Å². The summed E-state index contributed by atoms with van der Waals surface area (Å²) >= 11 is 0. The minimum absolute atomic E-state index is 0.0431. The summed E-state index contributed by atoms with van der Waals surface area (Å²) < 4.78 is 0. The molecule has 1 saturated heterocycles. The molecule has 2 atom stereocenters. The third kappa shape index (κ3) is 3.97.